The van der Waals surface area contributed by atoms with Gasteiger partial charge in [-0.15, -0.1) is 5.10 Å². The van der Waals surface area contributed by atoms with Gasteiger partial charge in [-0.1, -0.05) is 19.1 Å². The lowest BCUT2D eigenvalue weighted by Crippen LogP contribution is -2.42. The highest BCUT2D eigenvalue weighted by atomic mass is 16.5. The van der Waals surface area contributed by atoms with Crippen LogP contribution in [0.3, 0.4) is 0 Å². The summed E-state index contributed by atoms with van der Waals surface area (Å²) in [6.45, 7) is 5.90. The number of fused-ring (bicyclic) bond motifs is 1. The number of anilines is 1. The lowest BCUT2D eigenvalue weighted by atomic mass is 10.1. The molecule has 8 heteroatoms. The molecule has 0 radical (unpaired) electrons. The van der Waals surface area contributed by atoms with Crippen molar-refractivity contribution >= 4 is 11.7 Å². The number of likely N-dealkylation sites (tertiary alicyclic amines) is 1. The average molecular weight is 382 g/mol. The maximum absolute atomic E-state index is 5.80. The molecule has 1 aliphatic heterocycles. The molecule has 4 rings (SSSR count). The third-order valence-electron chi connectivity index (χ3n) is 5.01. The van der Waals surface area contributed by atoms with Gasteiger partial charge in [-0.25, -0.2) is 4.52 Å². The number of likely N-dealkylation sites (N-methyl/N-ethyl adjacent to an activating group) is 1. The van der Waals surface area contributed by atoms with Crippen molar-refractivity contribution in [2.75, 3.05) is 32.1 Å². The summed E-state index contributed by atoms with van der Waals surface area (Å²) in [5, 5.41) is 7.93. The normalized spacial score (nSPS) is 17.6. The molecule has 3 aromatic rings. The Labute approximate surface area is 164 Å². The molecule has 1 atom stereocenters. The fourth-order valence-electron chi connectivity index (χ4n) is 3.43. The van der Waals surface area contributed by atoms with Crippen LogP contribution in [-0.2, 0) is 6.61 Å². The number of hydrogen-bond donors (Lipinski definition) is 1. The van der Waals surface area contributed by atoms with Gasteiger partial charge in [0.25, 0.3) is 5.78 Å². The van der Waals surface area contributed by atoms with E-state index in [4.69, 9.17) is 9.47 Å². The Kier molecular flexibility index (Phi) is 5.57. The zero-order valence-corrected chi connectivity index (χ0v) is 16.3. The number of hydrogen-bond acceptors (Lipinski definition) is 7. The fraction of sp³-hybridized carbons (Fsp3) is 0.450. The highest BCUT2D eigenvalue weighted by molar-refractivity contribution is 5.39. The van der Waals surface area contributed by atoms with Crippen molar-refractivity contribution in [1.29, 1.82) is 0 Å². The minimum Gasteiger partial charge on any atom is -0.497 e. The Morgan fingerprint density at radius 2 is 2.04 bits per heavy atom. The molecule has 2 aromatic heterocycles. The smallest absolute Gasteiger partial charge is 0.257 e. The summed E-state index contributed by atoms with van der Waals surface area (Å²) in [5.41, 5.74) is 1.05. The van der Waals surface area contributed by atoms with Crippen LogP contribution in [0.1, 0.15) is 25.3 Å². The van der Waals surface area contributed by atoms with Crippen molar-refractivity contribution in [3.05, 3.63) is 42.1 Å². The first kappa shape index (κ1) is 18.5. The van der Waals surface area contributed by atoms with Gasteiger partial charge < -0.3 is 19.7 Å². The van der Waals surface area contributed by atoms with Gasteiger partial charge in [0, 0.05) is 24.8 Å². The van der Waals surface area contributed by atoms with Crippen LogP contribution < -0.4 is 14.8 Å². The second-order valence-electron chi connectivity index (χ2n) is 6.96. The Balaban J connectivity index is 1.39. The Morgan fingerprint density at radius 1 is 1.18 bits per heavy atom. The second kappa shape index (κ2) is 8.43. The Bertz CT molecular complexity index is 911. The van der Waals surface area contributed by atoms with Gasteiger partial charge in [0.1, 0.15) is 12.4 Å². The molecule has 3 heterocycles. The summed E-state index contributed by atoms with van der Waals surface area (Å²) < 4.78 is 12.6. The van der Waals surface area contributed by atoms with E-state index in [2.05, 4.69) is 32.2 Å². The van der Waals surface area contributed by atoms with Crippen LogP contribution in [-0.4, -0.2) is 57.3 Å². The highest BCUT2D eigenvalue weighted by Gasteiger charge is 2.20. The van der Waals surface area contributed by atoms with E-state index in [9.17, 15) is 0 Å². The summed E-state index contributed by atoms with van der Waals surface area (Å²) in [4.78, 5) is 11.4. The molecule has 1 aliphatic rings. The summed E-state index contributed by atoms with van der Waals surface area (Å²) in [6.07, 6.45) is 4.15. The molecule has 8 nitrogen and oxygen atoms in total. The summed E-state index contributed by atoms with van der Waals surface area (Å²) in [6, 6.07) is 9.94. The average Bonchev–Trinajstić information content (AvgIpc) is 3.14. The van der Waals surface area contributed by atoms with E-state index in [1.54, 1.807) is 17.7 Å². The number of rotatable bonds is 7. The van der Waals surface area contributed by atoms with Gasteiger partial charge in [0.15, 0.2) is 0 Å². The van der Waals surface area contributed by atoms with Crippen LogP contribution in [0.2, 0.25) is 0 Å². The molecule has 0 aliphatic carbocycles. The predicted octanol–water partition coefficient (Wildman–Crippen LogP) is 2.61. The standard InChI is InChI=1S/C20H26N6O2/c1-3-25-11-4-5-16(13-25)21-19-23-20-22-18(10-12-26(20)24-19)28-14-15-6-8-17(27-2)9-7-15/h6-10,12,16H,3-5,11,13-14H2,1-2H3,(H,21,24). The van der Waals surface area contributed by atoms with Crippen LogP contribution >= 0.6 is 0 Å². The van der Waals surface area contributed by atoms with Crippen molar-refractivity contribution in [3.8, 4) is 11.6 Å². The zero-order chi connectivity index (χ0) is 19.3. The molecule has 0 amide bonds. The van der Waals surface area contributed by atoms with Crippen LogP contribution in [0.4, 0.5) is 5.95 Å². The SMILES string of the molecule is CCN1CCCC(Nc2nc3nc(OCc4ccc(OC)cc4)ccn3n2)C1. The minimum atomic E-state index is 0.372. The lowest BCUT2D eigenvalue weighted by Gasteiger charge is -2.31. The molecule has 1 aromatic carbocycles. The topological polar surface area (TPSA) is 76.8 Å². The van der Waals surface area contributed by atoms with Crippen molar-refractivity contribution in [2.45, 2.75) is 32.4 Å². The second-order valence-corrected chi connectivity index (χ2v) is 6.96. The molecule has 1 N–H and O–H groups in total. The van der Waals surface area contributed by atoms with E-state index in [0.717, 1.165) is 30.8 Å². The number of benzene rings is 1. The Morgan fingerprint density at radius 3 is 2.82 bits per heavy atom. The maximum atomic E-state index is 5.80. The van der Waals surface area contributed by atoms with Crippen LogP contribution in [0.15, 0.2) is 36.5 Å². The van der Waals surface area contributed by atoms with E-state index >= 15 is 0 Å². The molecule has 0 saturated carbocycles. The van der Waals surface area contributed by atoms with Gasteiger partial charge in [0.2, 0.25) is 11.8 Å². The van der Waals surface area contributed by atoms with Crippen molar-refractivity contribution in [1.82, 2.24) is 24.5 Å². The van der Waals surface area contributed by atoms with Crippen LogP contribution in [0, 0.1) is 0 Å². The summed E-state index contributed by atoms with van der Waals surface area (Å²) >= 11 is 0. The van der Waals surface area contributed by atoms with Gasteiger partial charge in [-0.05, 0) is 43.6 Å². The van der Waals surface area contributed by atoms with Gasteiger partial charge in [-0.3, -0.25) is 0 Å². The van der Waals surface area contributed by atoms with Crippen LogP contribution in [0.5, 0.6) is 11.6 Å². The number of ether oxygens (including phenoxy) is 2. The van der Waals surface area contributed by atoms with Crippen molar-refractivity contribution < 1.29 is 9.47 Å². The van der Waals surface area contributed by atoms with E-state index in [0.29, 0.717) is 30.3 Å². The van der Waals surface area contributed by atoms with E-state index < -0.39 is 0 Å². The van der Waals surface area contributed by atoms with Gasteiger partial charge in [-0.2, -0.15) is 9.97 Å². The number of nitrogens with zero attached hydrogens (tertiary/aromatic N) is 5. The van der Waals surface area contributed by atoms with E-state index in [1.807, 2.05) is 30.5 Å². The third-order valence-corrected chi connectivity index (χ3v) is 5.01. The number of piperidine rings is 1. The molecule has 1 saturated heterocycles. The molecule has 28 heavy (non-hydrogen) atoms. The molecule has 1 fully saturated rings. The summed E-state index contributed by atoms with van der Waals surface area (Å²) in [7, 11) is 1.65. The lowest BCUT2D eigenvalue weighted by molar-refractivity contribution is 0.226. The molecular formula is C20H26N6O2. The number of aromatic nitrogens is 4. The zero-order valence-electron chi connectivity index (χ0n) is 16.3. The minimum absolute atomic E-state index is 0.372. The first-order chi connectivity index (χ1) is 13.7. The largest absolute Gasteiger partial charge is 0.497 e. The third kappa shape index (κ3) is 4.33. The Hall–Kier alpha value is -2.87. The molecule has 0 spiro atoms. The number of nitrogens with one attached hydrogen (secondary N) is 1. The molecule has 1 unspecified atom stereocenters. The van der Waals surface area contributed by atoms with Crippen molar-refractivity contribution in [2.24, 2.45) is 0 Å². The van der Waals surface area contributed by atoms with Gasteiger partial charge in [0.05, 0.1) is 7.11 Å². The molecule has 0 bridgehead atoms. The first-order valence-electron chi connectivity index (χ1n) is 9.71. The number of methoxy groups -OCH3 is 1. The van der Waals surface area contributed by atoms with E-state index in [1.165, 1.54) is 13.0 Å². The fourth-order valence-corrected chi connectivity index (χ4v) is 3.43. The monoisotopic (exact) mass is 382 g/mol. The highest BCUT2D eigenvalue weighted by Crippen LogP contribution is 2.17. The molecule has 148 valence electrons. The van der Waals surface area contributed by atoms with Gasteiger partial charge >= 0.3 is 0 Å². The van der Waals surface area contributed by atoms with E-state index in [-0.39, 0.29) is 0 Å². The first-order valence-corrected chi connectivity index (χ1v) is 9.71. The predicted molar refractivity (Wildman–Crippen MR) is 107 cm³/mol. The van der Waals surface area contributed by atoms with Crippen molar-refractivity contribution in [3.63, 3.8) is 0 Å². The van der Waals surface area contributed by atoms with Crippen LogP contribution in [0.25, 0.3) is 5.78 Å². The summed E-state index contributed by atoms with van der Waals surface area (Å²) in [5.74, 6) is 2.49. The quantitative estimate of drug-likeness (QED) is 0.673. The molecular weight excluding hydrogens is 356 g/mol. The maximum Gasteiger partial charge on any atom is 0.257 e.